The van der Waals surface area contributed by atoms with E-state index in [2.05, 4.69) is 40.8 Å². The standard InChI is InChI=1S/C13H9NS/c1-2-6-10(7-3-1)13-11-8-4-5-9-12(11)15-14-13/h1-9H. The van der Waals surface area contributed by atoms with E-state index in [-0.39, 0.29) is 0 Å². The Bertz CT molecular complexity index is 584. The van der Waals surface area contributed by atoms with Gasteiger partial charge in [-0.05, 0) is 17.6 Å². The summed E-state index contributed by atoms with van der Waals surface area (Å²) in [5, 5.41) is 1.24. The average Bonchev–Trinajstić information content (AvgIpc) is 2.74. The maximum atomic E-state index is 4.51. The van der Waals surface area contributed by atoms with Crippen LogP contribution in [0.25, 0.3) is 21.3 Å². The summed E-state index contributed by atoms with van der Waals surface area (Å²) in [7, 11) is 0. The zero-order valence-electron chi connectivity index (χ0n) is 8.05. The monoisotopic (exact) mass is 211 g/mol. The molecule has 0 aliphatic heterocycles. The molecular formula is C13H9NS. The van der Waals surface area contributed by atoms with Gasteiger partial charge in [-0.2, -0.15) is 4.37 Å². The second kappa shape index (κ2) is 3.48. The van der Waals surface area contributed by atoms with E-state index in [1.165, 1.54) is 15.6 Å². The Labute approximate surface area is 92.2 Å². The molecule has 15 heavy (non-hydrogen) atoms. The fourth-order valence-electron chi connectivity index (χ4n) is 1.69. The summed E-state index contributed by atoms with van der Waals surface area (Å²) in [6.07, 6.45) is 0. The number of hydrogen-bond donors (Lipinski definition) is 0. The largest absolute Gasteiger partial charge is 0.191 e. The molecule has 0 radical (unpaired) electrons. The minimum Gasteiger partial charge on any atom is -0.191 e. The molecule has 0 aliphatic rings. The van der Waals surface area contributed by atoms with Crippen molar-refractivity contribution >= 4 is 21.6 Å². The zero-order valence-corrected chi connectivity index (χ0v) is 8.87. The maximum absolute atomic E-state index is 4.51. The Morgan fingerprint density at radius 2 is 1.53 bits per heavy atom. The van der Waals surface area contributed by atoms with Crippen molar-refractivity contribution in [1.29, 1.82) is 0 Å². The molecular weight excluding hydrogens is 202 g/mol. The second-order valence-corrected chi connectivity index (χ2v) is 4.20. The molecule has 0 atom stereocenters. The van der Waals surface area contributed by atoms with E-state index >= 15 is 0 Å². The first-order chi connectivity index (χ1) is 7.45. The molecule has 0 saturated heterocycles. The number of benzene rings is 2. The van der Waals surface area contributed by atoms with Crippen LogP contribution in [0, 0.1) is 0 Å². The molecule has 0 amide bonds. The Kier molecular flexibility index (Phi) is 2.00. The van der Waals surface area contributed by atoms with Crippen molar-refractivity contribution in [3.8, 4) is 11.3 Å². The molecule has 0 fully saturated rings. The number of aromatic nitrogens is 1. The Morgan fingerprint density at radius 1 is 0.800 bits per heavy atom. The Balaban J connectivity index is 2.28. The molecule has 2 aromatic carbocycles. The molecule has 0 bridgehead atoms. The van der Waals surface area contributed by atoms with Gasteiger partial charge in [0.05, 0.1) is 10.4 Å². The van der Waals surface area contributed by atoms with Crippen molar-refractivity contribution in [3.05, 3.63) is 54.6 Å². The predicted octanol–water partition coefficient (Wildman–Crippen LogP) is 3.96. The van der Waals surface area contributed by atoms with E-state index in [1.807, 2.05) is 18.2 Å². The van der Waals surface area contributed by atoms with Crippen LogP contribution < -0.4 is 0 Å². The third-order valence-corrected chi connectivity index (χ3v) is 3.25. The fraction of sp³-hybridized carbons (Fsp3) is 0. The van der Waals surface area contributed by atoms with Crippen LogP contribution in [0.3, 0.4) is 0 Å². The molecule has 3 rings (SSSR count). The quantitative estimate of drug-likeness (QED) is 0.593. The van der Waals surface area contributed by atoms with Crippen molar-refractivity contribution in [2.75, 3.05) is 0 Å². The van der Waals surface area contributed by atoms with E-state index in [0.717, 1.165) is 5.69 Å². The van der Waals surface area contributed by atoms with Crippen LogP contribution >= 0.6 is 11.5 Å². The van der Waals surface area contributed by atoms with Crippen LogP contribution in [-0.4, -0.2) is 4.37 Å². The van der Waals surface area contributed by atoms with Gasteiger partial charge in [-0.3, -0.25) is 0 Å². The summed E-state index contributed by atoms with van der Waals surface area (Å²) in [6, 6.07) is 18.7. The van der Waals surface area contributed by atoms with E-state index < -0.39 is 0 Å². The van der Waals surface area contributed by atoms with Gasteiger partial charge in [0, 0.05) is 10.9 Å². The number of fused-ring (bicyclic) bond motifs is 1. The first kappa shape index (κ1) is 8.62. The summed E-state index contributed by atoms with van der Waals surface area (Å²) in [6.45, 7) is 0. The summed E-state index contributed by atoms with van der Waals surface area (Å²) < 4.78 is 5.75. The van der Waals surface area contributed by atoms with E-state index in [4.69, 9.17) is 0 Å². The highest BCUT2D eigenvalue weighted by atomic mass is 32.1. The van der Waals surface area contributed by atoms with Gasteiger partial charge in [-0.15, -0.1) is 0 Å². The maximum Gasteiger partial charge on any atom is 0.0919 e. The minimum atomic E-state index is 1.09. The number of rotatable bonds is 1. The highest BCUT2D eigenvalue weighted by Crippen LogP contribution is 2.30. The number of nitrogens with zero attached hydrogens (tertiary/aromatic N) is 1. The molecule has 3 aromatic rings. The van der Waals surface area contributed by atoms with Crippen molar-refractivity contribution < 1.29 is 0 Å². The van der Waals surface area contributed by atoms with Gasteiger partial charge >= 0.3 is 0 Å². The van der Waals surface area contributed by atoms with Crippen LogP contribution in [0.5, 0.6) is 0 Å². The lowest BCUT2D eigenvalue weighted by molar-refractivity contribution is 1.54. The van der Waals surface area contributed by atoms with E-state index in [0.29, 0.717) is 0 Å². The highest BCUT2D eigenvalue weighted by Gasteiger charge is 2.06. The lowest BCUT2D eigenvalue weighted by Crippen LogP contribution is -1.75. The lowest BCUT2D eigenvalue weighted by atomic mass is 10.1. The van der Waals surface area contributed by atoms with Gasteiger partial charge in [-0.1, -0.05) is 48.5 Å². The van der Waals surface area contributed by atoms with Crippen molar-refractivity contribution in [2.24, 2.45) is 0 Å². The van der Waals surface area contributed by atoms with E-state index in [1.54, 1.807) is 11.5 Å². The minimum absolute atomic E-state index is 1.09. The summed E-state index contributed by atoms with van der Waals surface area (Å²) in [5.74, 6) is 0. The Morgan fingerprint density at radius 3 is 2.40 bits per heavy atom. The van der Waals surface area contributed by atoms with Crippen molar-refractivity contribution in [2.45, 2.75) is 0 Å². The third kappa shape index (κ3) is 1.43. The topological polar surface area (TPSA) is 12.9 Å². The second-order valence-electron chi connectivity index (χ2n) is 3.39. The molecule has 0 aliphatic carbocycles. The third-order valence-electron chi connectivity index (χ3n) is 2.42. The molecule has 1 heterocycles. The molecule has 0 saturated carbocycles. The molecule has 72 valence electrons. The first-order valence-corrected chi connectivity index (χ1v) is 5.62. The molecule has 1 aromatic heterocycles. The highest BCUT2D eigenvalue weighted by molar-refractivity contribution is 7.13. The van der Waals surface area contributed by atoms with Crippen LogP contribution in [0.4, 0.5) is 0 Å². The van der Waals surface area contributed by atoms with E-state index in [9.17, 15) is 0 Å². The zero-order chi connectivity index (χ0) is 10.1. The molecule has 0 unspecified atom stereocenters. The summed E-state index contributed by atoms with van der Waals surface area (Å²) >= 11 is 1.56. The van der Waals surface area contributed by atoms with Crippen molar-refractivity contribution in [1.82, 2.24) is 4.37 Å². The Hall–Kier alpha value is -1.67. The summed E-state index contributed by atoms with van der Waals surface area (Å²) in [4.78, 5) is 0. The van der Waals surface area contributed by atoms with Crippen LogP contribution in [0.2, 0.25) is 0 Å². The van der Waals surface area contributed by atoms with Gasteiger partial charge in [0.25, 0.3) is 0 Å². The average molecular weight is 211 g/mol. The molecule has 1 nitrogen and oxygen atoms in total. The first-order valence-electron chi connectivity index (χ1n) is 4.85. The van der Waals surface area contributed by atoms with Crippen LogP contribution in [-0.2, 0) is 0 Å². The van der Waals surface area contributed by atoms with Crippen molar-refractivity contribution in [3.63, 3.8) is 0 Å². The molecule has 2 heteroatoms. The molecule has 0 N–H and O–H groups in total. The lowest BCUT2D eigenvalue weighted by Gasteiger charge is -1.96. The normalized spacial score (nSPS) is 10.7. The molecule has 0 spiro atoms. The van der Waals surface area contributed by atoms with Gasteiger partial charge in [0.2, 0.25) is 0 Å². The van der Waals surface area contributed by atoms with Crippen LogP contribution in [0.1, 0.15) is 0 Å². The van der Waals surface area contributed by atoms with Gasteiger partial charge < -0.3 is 0 Å². The predicted molar refractivity (Wildman–Crippen MR) is 65.1 cm³/mol. The fourth-order valence-corrected chi connectivity index (χ4v) is 2.49. The smallest absolute Gasteiger partial charge is 0.0919 e. The van der Waals surface area contributed by atoms with Crippen LogP contribution in [0.15, 0.2) is 54.6 Å². The van der Waals surface area contributed by atoms with Gasteiger partial charge in [-0.25, -0.2) is 0 Å². The summed E-state index contributed by atoms with van der Waals surface area (Å²) in [5.41, 5.74) is 2.28. The van der Waals surface area contributed by atoms with Gasteiger partial charge in [0.15, 0.2) is 0 Å². The SMILES string of the molecule is c1ccc(-c2nsc3ccccc23)cc1. The number of hydrogen-bond acceptors (Lipinski definition) is 2. The van der Waals surface area contributed by atoms with Gasteiger partial charge in [0.1, 0.15) is 0 Å².